The first kappa shape index (κ1) is 34.3. The van der Waals surface area contributed by atoms with Gasteiger partial charge in [0.25, 0.3) is 0 Å². The van der Waals surface area contributed by atoms with Gasteiger partial charge in [0.2, 0.25) is 0 Å². The Balaban J connectivity index is 1.25. The third-order valence-corrected chi connectivity index (χ3v) is 13.3. The van der Waals surface area contributed by atoms with Crippen LogP contribution >= 0.6 is 22.7 Å². The van der Waals surface area contributed by atoms with Crippen LogP contribution in [0.4, 0.5) is 0 Å². The lowest BCUT2D eigenvalue weighted by molar-refractivity contribution is 1.08. The molecular weight excluding hydrogens is 745 g/mol. The first-order valence-corrected chi connectivity index (χ1v) is 21.0. The average molecular weight is 779 g/mol. The molecule has 4 heterocycles. The van der Waals surface area contributed by atoms with Crippen LogP contribution in [0.15, 0.2) is 170 Å². The molecule has 0 atom stereocenters. The smallest absolute Gasteiger partial charge is 0.165 e. The molecule has 0 saturated carbocycles. The summed E-state index contributed by atoms with van der Waals surface area (Å²) in [6.45, 7) is 6.28. The van der Waals surface area contributed by atoms with Crippen LogP contribution in [0.5, 0.6) is 0 Å². The lowest BCUT2D eigenvalue weighted by Gasteiger charge is -2.12. The first-order chi connectivity index (χ1) is 28.7. The van der Waals surface area contributed by atoms with E-state index in [1.807, 2.05) is 42.5 Å². The first-order valence-electron chi connectivity index (χ1n) is 19.3. The number of thiophene rings is 2. The van der Waals surface area contributed by atoms with Crippen molar-refractivity contribution in [3.63, 3.8) is 0 Å². The molecule has 0 spiro atoms. The minimum absolute atomic E-state index is 0.643. The van der Waals surface area contributed by atoms with Gasteiger partial charge < -0.3 is 4.57 Å². The van der Waals surface area contributed by atoms with Crippen molar-refractivity contribution in [3.8, 4) is 51.0 Å². The van der Waals surface area contributed by atoms with Crippen LogP contribution < -0.4 is 0 Å². The Morgan fingerprint density at radius 2 is 1.14 bits per heavy atom. The van der Waals surface area contributed by atoms with Crippen molar-refractivity contribution in [1.29, 1.82) is 0 Å². The Hall–Kier alpha value is -6.99. The zero-order chi connectivity index (χ0) is 38.7. The fourth-order valence-corrected chi connectivity index (χ4v) is 10.6. The van der Waals surface area contributed by atoms with E-state index in [4.69, 9.17) is 15.0 Å². The van der Waals surface area contributed by atoms with Crippen molar-refractivity contribution in [3.05, 3.63) is 181 Å². The van der Waals surface area contributed by atoms with Gasteiger partial charge in [0, 0.05) is 73.8 Å². The summed E-state index contributed by atoms with van der Waals surface area (Å²) in [5.41, 5.74) is 9.77. The molecule has 4 nitrogen and oxygen atoms in total. The van der Waals surface area contributed by atoms with E-state index in [0.29, 0.717) is 17.5 Å². The van der Waals surface area contributed by atoms with E-state index >= 15 is 0 Å². The molecule has 6 heteroatoms. The number of benzene rings is 7. The molecule has 0 radical (unpaired) electrons. The molecule has 0 fully saturated rings. The van der Waals surface area contributed by atoms with Crippen LogP contribution in [0.25, 0.3) is 115 Å². The van der Waals surface area contributed by atoms with Gasteiger partial charge in [0.15, 0.2) is 17.5 Å². The normalized spacial score (nSPS) is 11.9. The predicted molar refractivity (Wildman–Crippen MR) is 249 cm³/mol. The largest absolute Gasteiger partial charge is 0.309 e. The fourth-order valence-electron chi connectivity index (χ4n) is 8.35. The van der Waals surface area contributed by atoms with Crippen molar-refractivity contribution in [2.24, 2.45) is 0 Å². The minimum Gasteiger partial charge on any atom is -0.309 e. The van der Waals surface area contributed by atoms with Crippen molar-refractivity contribution >= 4 is 86.9 Å². The topological polar surface area (TPSA) is 43.6 Å². The van der Waals surface area contributed by atoms with Crippen molar-refractivity contribution in [2.75, 3.05) is 0 Å². The predicted octanol–water partition coefficient (Wildman–Crippen LogP) is 14.9. The molecule has 0 bridgehead atoms. The lowest BCUT2D eigenvalue weighted by atomic mass is 9.96. The van der Waals surface area contributed by atoms with E-state index in [1.165, 1.54) is 52.3 Å². The molecule has 0 saturated heterocycles. The highest BCUT2D eigenvalue weighted by molar-refractivity contribution is 7.27. The van der Waals surface area contributed by atoms with Crippen LogP contribution in [0, 0.1) is 0 Å². The van der Waals surface area contributed by atoms with Crippen LogP contribution in [-0.4, -0.2) is 19.5 Å². The molecule has 11 aromatic rings. The number of hydrogen-bond acceptors (Lipinski definition) is 5. The van der Waals surface area contributed by atoms with E-state index in [2.05, 4.69) is 152 Å². The molecule has 274 valence electrons. The van der Waals surface area contributed by atoms with Gasteiger partial charge in [-0.1, -0.05) is 134 Å². The fraction of sp³-hybridized carbons (Fsp3) is 0.0192. The molecule has 0 amide bonds. The second-order valence-electron chi connectivity index (χ2n) is 14.4. The molecule has 4 aromatic heterocycles. The van der Waals surface area contributed by atoms with E-state index in [0.717, 1.165) is 43.7 Å². The molecule has 0 N–H and O–H groups in total. The summed E-state index contributed by atoms with van der Waals surface area (Å²) >= 11 is 3.60. The Kier molecular flexibility index (Phi) is 8.21. The number of aromatic nitrogens is 4. The summed E-state index contributed by atoms with van der Waals surface area (Å²) in [7, 11) is 0. The number of hydrogen-bond donors (Lipinski definition) is 0. The maximum absolute atomic E-state index is 5.27. The zero-order valence-electron chi connectivity index (χ0n) is 31.6. The number of rotatable bonds is 7. The average Bonchev–Trinajstić information content (AvgIpc) is 3.96. The Bertz CT molecular complexity index is 3350. The Labute approximate surface area is 343 Å². The SMILES string of the molecule is C=Cc1sc2ccc3sc4c(-c5nc(-c6ccccc6)nc(-c6ccccc6)n5)cc(-c5ccc6c7ccccc7n(-c7ccccc7)c6c5)cc4c3c2c1/C=C\C. The van der Waals surface area contributed by atoms with Gasteiger partial charge in [0.05, 0.1) is 11.0 Å². The monoisotopic (exact) mass is 778 g/mol. The van der Waals surface area contributed by atoms with Crippen molar-refractivity contribution in [1.82, 2.24) is 19.5 Å². The Morgan fingerprint density at radius 1 is 0.517 bits per heavy atom. The summed E-state index contributed by atoms with van der Waals surface area (Å²) < 4.78 is 5.99. The molecule has 11 rings (SSSR count). The second kappa shape index (κ2) is 13.9. The number of allylic oxidation sites excluding steroid dienone is 1. The number of nitrogens with zero attached hydrogens (tertiary/aromatic N) is 4. The summed E-state index contributed by atoms with van der Waals surface area (Å²) in [4.78, 5) is 16.8. The molecule has 0 aliphatic rings. The maximum Gasteiger partial charge on any atom is 0.165 e. The molecular formula is C52H34N4S2. The third kappa shape index (κ3) is 5.52. The van der Waals surface area contributed by atoms with Gasteiger partial charge >= 0.3 is 0 Å². The van der Waals surface area contributed by atoms with Gasteiger partial charge in [-0.2, -0.15) is 0 Å². The van der Waals surface area contributed by atoms with Gasteiger partial charge in [-0.05, 0) is 66.6 Å². The van der Waals surface area contributed by atoms with E-state index in [-0.39, 0.29) is 0 Å². The van der Waals surface area contributed by atoms with E-state index < -0.39 is 0 Å². The second-order valence-corrected chi connectivity index (χ2v) is 16.5. The lowest BCUT2D eigenvalue weighted by Crippen LogP contribution is -2.00. The zero-order valence-corrected chi connectivity index (χ0v) is 33.2. The summed E-state index contributed by atoms with van der Waals surface area (Å²) in [6.07, 6.45) is 6.34. The summed E-state index contributed by atoms with van der Waals surface area (Å²) in [6, 6.07) is 55.9. The van der Waals surface area contributed by atoms with Gasteiger partial charge in [-0.15, -0.1) is 22.7 Å². The summed E-state index contributed by atoms with van der Waals surface area (Å²) in [5.74, 6) is 1.93. The van der Waals surface area contributed by atoms with Crippen LogP contribution in [0.2, 0.25) is 0 Å². The Morgan fingerprint density at radius 3 is 1.83 bits per heavy atom. The number of fused-ring (bicyclic) bond motifs is 8. The van der Waals surface area contributed by atoms with Gasteiger partial charge in [-0.25, -0.2) is 15.0 Å². The standard InChI is InChI=1S/C52H34N4S2/c1-3-16-39-44(4-2)57-45-27-28-46-48(47(39)45)40-29-35(34-25-26-38-37-23-14-15-24-42(37)56(43(38)31-34)36-21-12-7-13-22-36)30-41(49(40)58-46)52-54-50(32-17-8-5-9-18-32)53-51(55-52)33-19-10-6-11-20-33/h3-31H,2H2,1H3/b16-3-. The molecule has 0 aliphatic heterocycles. The minimum atomic E-state index is 0.643. The molecule has 0 unspecified atom stereocenters. The van der Waals surface area contributed by atoms with Crippen LogP contribution in [0.1, 0.15) is 17.4 Å². The van der Waals surface area contributed by atoms with E-state index in [9.17, 15) is 0 Å². The summed E-state index contributed by atoms with van der Waals surface area (Å²) in [5, 5.41) is 6.14. The highest BCUT2D eigenvalue weighted by Gasteiger charge is 2.22. The number of para-hydroxylation sites is 2. The van der Waals surface area contributed by atoms with Crippen LogP contribution in [-0.2, 0) is 0 Å². The quantitative estimate of drug-likeness (QED) is 0.162. The maximum atomic E-state index is 5.27. The van der Waals surface area contributed by atoms with Crippen LogP contribution in [0.3, 0.4) is 0 Å². The van der Waals surface area contributed by atoms with Gasteiger partial charge in [0.1, 0.15) is 0 Å². The highest BCUT2D eigenvalue weighted by atomic mass is 32.1. The highest BCUT2D eigenvalue weighted by Crippen LogP contribution is 2.48. The molecule has 58 heavy (non-hydrogen) atoms. The molecule has 7 aromatic carbocycles. The molecule has 0 aliphatic carbocycles. The third-order valence-electron chi connectivity index (χ3n) is 10.9. The van der Waals surface area contributed by atoms with Crippen molar-refractivity contribution < 1.29 is 0 Å². The van der Waals surface area contributed by atoms with Gasteiger partial charge in [-0.3, -0.25) is 0 Å². The van der Waals surface area contributed by atoms with Crippen molar-refractivity contribution in [2.45, 2.75) is 6.92 Å². The van der Waals surface area contributed by atoms with E-state index in [1.54, 1.807) is 22.7 Å².